The Labute approximate surface area is 153 Å². The molecule has 0 bridgehead atoms. The molecule has 0 spiro atoms. The number of anilines is 1. The van der Waals surface area contributed by atoms with E-state index in [4.69, 9.17) is 11.6 Å². The van der Waals surface area contributed by atoms with Crippen LogP contribution in [-0.2, 0) is 6.18 Å². The van der Waals surface area contributed by atoms with Gasteiger partial charge in [-0.1, -0.05) is 11.6 Å². The summed E-state index contributed by atoms with van der Waals surface area (Å²) >= 11 is 6.03. The maximum Gasteiger partial charge on any atom is 0.417 e. The Bertz CT molecular complexity index is 785. The molecule has 0 radical (unpaired) electrons. The van der Waals surface area contributed by atoms with Crippen molar-refractivity contribution in [2.45, 2.75) is 12.6 Å². The Hall–Kier alpha value is -2.35. The molecule has 0 aromatic carbocycles. The molecule has 3 heterocycles. The first-order valence-corrected chi connectivity index (χ1v) is 8.41. The molecule has 1 fully saturated rings. The number of hydrogen-bond donors (Lipinski definition) is 0. The molecule has 9 heteroatoms. The third-order valence-corrected chi connectivity index (χ3v) is 4.44. The van der Waals surface area contributed by atoms with Gasteiger partial charge in [-0.05, 0) is 24.6 Å². The van der Waals surface area contributed by atoms with Crippen molar-refractivity contribution in [3.63, 3.8) is 0 Å². The van der Waals surface area contributed by atoms with E-state index in [0.717, 1.165) is 12.3 Å². The summed E-state index contributed by atoms with van der Waals surface area (Å²) in [7, 11) is 0. The molecule has 1 aliphatic heterocycles. The summed E-state index contributed by atoms with van der Waals surface area (Å²) in [4.78, 5) is 23.8. The van der Waals surface area contributed by atoms with Crippen LogP contribution in [0.5, 0.6) is 0 Å². The van der Waals surface area contributed by atoms with Gasteiger partial charge in [0.1, 0.15) is 5.82 Å². The summed E-state index contributed by atoms with van der Waals surface area (Å²) in [5.74, 6) is 0.207. The minimum absolute atomic E-state index is 0.0475. The molecule has 0 N–H and O–H groups in total. The van der Waals surface area contributed by atoms with Crippen LogP contribution in [0.3, 0.4) is 0 Å². The Morgan fingerprint density at radius 1 is 1.12 bits per heavy atom. The van der Waals surface area contributed by atoms with Gasteiger partial charge in [0.05, 0.1) is 10.6 Å². The lowest BCUT2D eigenvalue weighted by Crippen LogP contribution is -2.35. The standard InChI is InChI=1S/C17H16ClF3N4O/c18-14-10-13(17(19,20)21)11-23-15(14)24-6-1-7-25(9-8-24)16(26)12-2-4-22-5-3-12/h2-5,10-11H,1,6-9H2. The lowest BCUT2D eigenvalue weighted by Gasteiger charge is -2.24. The van der Waals surface area contributed by atoms with Gasteiger partial charge in [-0.2, -0.15) is 13.2 Å². The van der Waals surface area contributed by atoms with E-state index >= 15 is 0 Å². The Morgan fingerprint density at radius 2 is 1.85 bits per heavy atom. The summed E-state index contributed by atoms with van der Waals surface area (Å²) in [5, 5.41) is -0.0475. The number of carbonyl (C=O) groups excluding carboxylic acids is 1. The zero-order chi connectivity index (χ0) is 18.7. The van der Waals surface area contributed by atoms with Crippen molar-refractivity contribution in [1.82, 2.24) is 14.9 Å². The van der Waals surface area contributed by atoms with E-state index in [0.29, 0.717) is 44.0 Å². The number of halogens is 4. The number of hydrogen-bond acceptors (Lipinski definition) is 4. The van der Waals surface area contributed by atoms with E-state index < -0.39 is 11.7 Å². The zero-order valence-electron chi connectivity index (χ0n) is 13.7. The second kappa shape index (κ2) is 7.49. The van der Waals surface area contributed by atoms with Gasteiger partial charge >= 0.3 is 6.18 Å². The SMILES string of the molecule is O=C(c1ccncc1)N1CCCN(c2ncc(C(F)(F)F)cc2Cl)CC1. The van der Waals surface area contributed by atoms with E-state index in [1.807, 2.05) is 4.90 Å². The largest absolute Gasteiger partial charge is 0.417 e. The Kier molecular flexibility index (Phi) is 5.31. The summed E-state index contributed by atoms with van der Waals surface area (Å²) in [6.45, 7) is 1.98. The fourth-order valence-electron chi connectivity index (χ4n) is 2.83. The van der Waals surface area contributed by atoms with Crippen molar-refractivity contribution in [3.8, 4) is 0 Å². The Balaban J connectivity index is 1.72. The quantitative estimate of drug-likeness (QED) is 0.795. The number of pyridine rings is 2. The molecule has 1 aliphatic rings. The van der Waals surface area contributed by atoms with Crippen molar-refractivity contribution in [2.75, 3.05) is 31.1 Å². The highest BCUT2D eigenvalue weighted by molar-refractivity contribution is 6.33. The van der Waals surface area contributed by atoms with E-state index in [9.17, 15) is 18.0 Å². The van der Waals surface area contributed by atoms with Gasteiger partial charge in [0, 0.05) is 50.3 Å². The number of amides is 1. The van der Waals surface area contributed by atoms with Crippen LogP contribution < -0.4 is 4.90 Å². The van der Waals surface area contributed by atoms with Crippen molar-refractivity contribution in [1.29, 1.82) is 0 Å². The van der Waals surface area contributed by atoms with Crippen LogP contribution in [0.1, 0.15) is 22.3 Å². The minimum atomic E-state index is -4.48. The second-order valence-electron chi connectivity index (χ2n) is 5.90. The molecule has 5 nitrogen and oxygen atoms in total. The molecule has 1 saturated heterocycles. The number of carbonyl (C=O) groups is 1. The Morgan fingerprint density at radius 3 is 2.50 bits per heavy atom. The molecule has 0 aliphatic carbocycles. The smallest absolute Gasteiger partial charge is 0.354 e. The predicted molar refractivity (Wildman–Crippen MR) is 91.2 cm³/mol. The molecule has 0 unspecified atom stereocenters. The number of aromatic nitrogens is 2. The van der Waals surface area contributed by atoms with Gasteiger partial charge in [-0.25, -0.2) is 4.98 Å². The van der Waals surface area contributed by atoms with E-state index in [2.05, 4.69) is 9.97 Å². The second-order valence-corrected chi connectivity index (χ2v) is 6.30. The van der Waals surface area contributed by atoms with Crippen LogP contribution in [-0.4, -0.2) is 47.0 Å². The van der Waals surface area contributed by atoms with E-state index in [-0.39, 0.29) is 10.9 Å². The van der Waals surface area contributed by atoms with Crippen LogP contribution in [0.25, 0.3) is 0 Å². The summed E-state index contributed by atoms with van der Waals surface area (Å²) < 4.78 is 38.2. The van der Waals surface area contributed by atoms with Gasteiger partial charge in [0.25, 0.3) is 5.91 Å². The van der Waals surface area contributed by atoms with Crippen molar-refractivity contribution < 1.29 is 18.0 Å². The highest BCUT2D eigenvalue weighted by Gasteiger charge is 2.32. The molecule has 2 aromatic rings. The number of rotatable bonds is 2. The van der Waals surface area contributed by atoms with Gasteiger partial charge in [0.15, 0.2) is 0 Å². The molecular weight excluding hydrogens is 369 g/mol. The average molecular weight is 385 g/mol. The van der Waals surface area contributed by atoms with Gasteiger partial charge in [0.2, 0.25) is 0 Å². The lowest BCUT2D eigenvalue weighted by molar-refractivity contribution is -0.137. The lowest BCUT2D eigenvalue weighted by atomic mass is 10.2. The monoisotopic (exact) mass is 384 g/mol. The summed E-state index contributed by atoms with van der Waals surface area (Å²) in [6, 6.07) is 4.19. The van der Waals surface area contributed by atoms with Gasteiger partial charge < -0.3 is 9.80 Å². The average Bonchev–Trinajstić information content (AvgIpc) is 2.87. The first-order chi connectivity index (χ1) is 12.4. The van der Waals surface area contributed by atoms with Crippen molar-refractivity contribution in [2.24, 2.45) is 0 Å². The van der Waals surface area contributed by atoms with Crippen LogP contribution in [0.15, 0.2) is 36.8 Å². The fraction of sp³-hybridized carbons (Fsp3) is 0.353. The highest BCUT2D eigenvalue weighted by atomic mass is 35.5. The topological polar surface area (TPSA) is 49.3 Å². The van der Waals surface area contributed by atoms with Crippen molar-refractivity contribution in [3.05, 3.63) is 52.9 Å². The van der Waals surface area contributed by atoms with E-state index in [1.165, 1.54) is 0 Å². The minimum Gasteiger partial charge on any atom is -0.354 e. The highest BCUT2D eigenvalue weighted by Crippen LogP contribution is 2.33. The van der Waals surface area contributed by atoms with Crippen LogP contribution >= 0.6 is 11.6 Å². The summed E-state index contributed by atoms with van der Waals surface area (Å²) in [5.41, 5.74) is -0.324. The first-order valence-electron chi connectivity index (χ1n) is 8.03. The van der Waals surface area contributed by atoms with Gasteiger partial charge in [-0.3, -0.25) is 9.78 Å². The molecule has 0 saturated carbocycles. The van der Waals surface area contributed by atoms with Crippen LogP contribution in [0.2, 0.25) is 5.02 Å². The molecule has 0 atom stereocenters. The third-order valence-electron chi connectivity index (χ3n) is 4.16. The van der Waals surface area contributed by atoms with E-state index in [1.54, 1.807) is 29.4 Å². The van der Waals surface area contributed by atoms with Crippen LogP contribution in [0, 0.1) is 0 Å². The number of alkyl halides is 3. The molecule has 3 rings (SSSR count). The zero-order valence-corrected chi connectivity index (χ0v) is 14.5. The number of nitrogens with zero attached hydrogens (tertiary/aromatic N) is 4. The molecule has 26 heavy (non-hydrogen) atoms. The maximum absolute atomic E-state index is 12.7. The molecule has 1 amide bonds. The van der Waals surface area contributed by atoms with Gasteiger partial charge in [-0.15, -0.1) is 0 Å². The van der Waals surface area contributed by atoms with Crippen molar-refractivity contribution >= 4 is 23.3 Å². The predicted octanol–water partition coefficient (Wildman–Crippen LogP) is 3.50. The summed E-state index contributed by atoms with van der Waals surface area (Å²) in [6.07, 6.45) is 0.0794. The normalized spacial score (nSPS) is 15.7. The maximum atomic E-state index is 12.7. The molecule has 138 valence electrons. The molecule has 2 aromatic heterocycles. The molecular formula is C17H16ClF3N4O. The first kappa shape index (κ1) is 18.4. The van der Waals surface area contributed by atoms with Crippen LogP contribution in [0.4, 0.5) is 19.0 Å². The fourth-order valence-corrected chi connectivity index (χ4v) is 3.11. The third kappa shape index (κ3) is 4.07.